The average Bonchev–Trinajstić information content (AvgIpc) is 3.26. The summed E-state index contributed by atoms with van der Waals surface area (Å²) in [5.41, 5.74) is 2.19. The minimum Gasteiger partial charge on any atom is -0.496 e. The van der Waals surface area contributed by atoms with Gasteiger partial charge in [0.05, 0.1) is 20.3 Å². The summed E-state index contributed by atoms with van der Waals surface area (Å²) in [6.45, 7) is 4.60. The minimum absolute atomic E-state index is 0.121. The second-order valence-corrected chi connectivity index (χ2v) is 7.84. The van der Waals surface area contributed by atoms with Crippen molar-refractivity contribution in [2.75, 3.05) is 51.9 Å². The smallest absolute Gasteiger partial charge is 0.173 e. The van der Waals surface area contributed by atoms with E-state index in [-0.39, 0.29) is 6.04 Å². The normalized spacial score (nSPS) is 15.8. The maximum absolute atomic E-state index is 6.20. The van der Waals surface area contributed by atoms with E-state index in [1.807, 2.05) is 41.1 Å². The van der Waals surface area contributed by atoms with Gasteiger partial charge in [-0.05, 0) is 34.7 Å². The number of nitrogens with zero attached hydrogens (tertiary/aromatic N) is 6. The number of hydrogen-bond acceptors (Lipinski definition) is 7. The van der Waals surface area contributed by atoms with Crippen LogP contribution in [0.4, 0.5) is 5.69 Å². The van der Waals surface area contributed by atoms with Crippen LogP contribution in [0.2, 0.25) is 5.02 Å². The van der Waals surface area contributed by atoms with E-state index in [4.69, 9.17) is 21.1 Å². The number of hydrogen-bond donors (Lipinski definition) is 0. The van der Waals surface area contributed by atoms with E-state index in [2.05, 4.69) is 37.5 Å². The molecule has 1 aliphatic heterocycles. The number of ether oxygens (including phenoxy) is 2. The standard InChI is InChI=1S/C22H27ClN6O2/c1-30-15-14-29-22(24-25-26-29)21(19-8-3-4-9-20(19)31-2)28-12-10-27(11-13-28)18-7-5-6-17(23)16-18/h3-9,16,21H,10-15H2,1-2H3/t21-/m1/s1. The zero-order valence-electron chi connectivity index (χ0n) is 17.8. The number of rotatable bonds is 8. The van der Waals surface area contributed by atoms with E-state index in [9.17, 15) is 0 Å². The Morgan fingerprint density at radius 3 is 2.58 bits per heavy atom. The third-order valence-corrected chi connectivity index (χ3v) is 5.83. The first-order valence-electron chi connectivity index (χ1n) is 10.3. The zero-order chi connectivity index (χ0) is 21.6. The molecule has 31 heavy (non-hydrogen) atoms. The molecule has 164 valence electrons. The Morgan fingerprint density at radius 2 is 1.84 bits per heavy atom. The Kier molecular flexibility index (Phi) is 7.01. The van der Waals surface area contributed by atoms with Crippen molar-refractivity contribution in [2.45, 2.75) is 12.6 Å². The summed E-state index contributed by atoms with van der Waals surface area (Å²) in [7, 11) is 3.37. The van der Waals surface area contributed by atoms with Crippen LogP contribution in [0.5, 0.6) is 5.75 Å². The number of para-hydroxylation sites is 1. The van der Waals surface area contributed by atoms with Gasteiger partial charge in [-0.1, -0.05) is 35.9 Å². The zero-order valence-corrected chi connectivity index (χ0v) is 18.6. The Balaban J connectivity index is 1.62. The number of aromatic nitrogens is 4. The van der Waals surface area contributed by atoms with Crippen molar-refractivity contribution in [2.24, 2.45) is 0 Å². The van der Waals surface area contributed by atoms with Crippen LogP contribution in [0.25, 0.3) is 0 Å². The molecule has 0 amide bonds. The molecule has 3 aromatic rings. The molecule has 2 aromatic carbocycles. The lowest BCUT2D eigenvalue weighted by Crippen LogP contribution is -2.48. The lowest BCUT2D eigenvalue weighted by Gasteiger charge is -2.40. The second-order valence-electron chi connectivity index (χ2n) is 7.40. The molecule has 0 N–H and O–H groups in total. The van der Waals surface area contributed by atoms with Crippen molar-refractivity contribution in [3.05, 3.63) is 64.9 Å². The number of halogens is 1. The predicted octanol–water partition coefficient (Wildman–Crippen LogP) is 2.89. The summed E-state index contributed by atoms with van der Waals surface area (Å²) in [5, 5.41) is 13.3. The van der Waals surface area contributed by atoms with E-state index in [1.54, 1.807) is 14.2 Å². The van der Waals surface area contributed by atoms with Gasteiger partial charge < -0.3 is 14.4 Å². The predicted molar refractivity (Wildman–Crippen MR) is 120 cm³/mol. The molecule has 0 spiro atoms. The molecule has 2 heterocycles. The maximum Gasteiger partial charge on any atom is 0.173 e. The Hall–Kier alpha value is -2.68. The molecular formula is C22H27ClN6O2. The van der Waals surface area contributed by atoms with E-state index >= 15 is 0 Å². The summed E-state index contributed by atoms with van der Waals surface area (Å²) in [6.07, 6.45) is 0. The van der Waals surface area contributed by atoms with Gasteiger partial charge in [-0.3, -0.25) is 4.90 Å². The lowest BCUT2D eigenvalue weighted by atomic mass is 10.0. The SMILES string of the molecule is COCCn1nnnc1[C@@H](c1ccccc1OC)N1CCN(c2cccc(Cl)c2)CC1. The minimum atomic E-state index is -0.121. The van der Waals surface area contributed by atoms with Gasteiger partial charge >= 0.3 is 0 Å². The van der Waals surface area contributed by atoms with Gasteiger partial charge in [0.15, 0.2) is 5.82 Å². The highest BCUT2D eigenvalue weighted by molar-refractivity contribution is 6.30. The van der Waals surface area contributed by atoms with Crippen molar-refractivity contribution in [3.63, 3.8) is 0 Å². The van der Waals surface area contributed by atoms with Crippen LogP contribution in [-0.4, -0.2) is 72.1 Å². The fraction of sp³-hybridized carbons (Fsp3) is 0.409. The summed E-state index contributed by atoms with van der Waals surface area (Å²) in [6, 6.07) is 16.0. The molecule has 1 atom stereocenters. The molecule has 8 nitrogen and oxygen atoms in total. The summed E-state index contributed by atoms with van der Waals surface area (Å²) >= 11 is 6.20. The summed E-state index contributed by atoms with van der Waals surface area (Å²) < 4.78 is 12.8. The van der Waals surface area contributed by atoms with Crippen LogP contribution in [0, 0.1) is 0 Å². The van der Waals surface area contributed by atoms with Crippen molar-refractivity contribution in [1.82, 2.24) is 25.1 Å². The largest absolute Gasteiger partial charge is 0.496 e. The lowest BCUT2D eigenvalue weighted by molar-refractivity contribution is 0.171. The fourth-order valence-corrected chi connectivity index (χ4v) is 4.23. The highest BCUT2D eigenvalue weighted by Crippen LogP contribution is 2.34. The number of tetrazole rings is 1. The monoisotopic (exact) mass is 442 g/mol. The molecule has 1 saturated heterocycles. The average molecular weight is 443 g/mol. The third-order valence-electron chi connectivity index (χ3n) is 5.60. The van der Waals surface area contributed by atoms with Crippen molar-refractivity contribution in [3.8, 4) is 5.75 Å². The summed E-state index contributed by atoms with van der Waals surface area (Å²) in [4.78, 5) is 4.77. The van der Waals surface area contributed by atoms with Gasteiger partial charge in [-0.15, -0.1) is 5.10 Å². The van der Waals surface area contributed by atoms with Crippen LogP contribution < -0.4 is 9.64 Å². The Morgan fingerprint density at radius 1 is 1.03 bits per heavy atom. The molecule has 0 bridgehead atoms. The first-order chi connectivity index (χ1) is 15.2. The summed E-state index contributed by atoms with van der Waals surface area (Å²) in [5.74, 6) is 1.61. The van der Waals surface area contributed by atoms with Gasteiger partial charge in [-0.2, -0.15) is 0 Å². The molecule has 0 saturated carbocycles. The van der Waals surface area contributed by atoms with Crippen LogP contribution in [0.1, 0.15) is 17.4 Å². The van der Waals surface area contributed by atoms with Gasteiger partial charge in [-0.25, -0.2) is 4.68 Å². The van der Waals surface area contributed by atoms with E-state index < -0.39 is 0 Å². The molecule has 1 aliphatic rings. The third kappa shape index (κ3) is 4.81. The number of benzene rings is 2. The maximum atomic E-state index is 6.20. The van der Waals surface area contributed by atoms with Crippen molar-refractivity contribution >= 4 is 17.3 Å². The van der Waals surface area contributed by atoms with Gasteiger partial charge in [0.1, 0.15) is 11.8 Å². The molecule has 0 unspecified atom stereocenters. The first kappa shape index (κ1) is 21.5. The van der Waals surface area contributed by atoms with Gasteiger partial charge in [0, 0.05) is 49.6 Å². The van der Waals surface area contributed by atoms with E-state index in [0.29, 0.717) is 13.2 Å². The van der Waals surface area contributed by atoms with Crippen LogP contribution in [0.3, 0.4) is 0 Å². The first-order valence-corrected chi connectivity index (χ1v) is 10.7. The van der Waals surface area contributed by atoms with Crippen LogP contribution in [0.15, 0.2) is 48.5 Å². The number of piperazine rings is 1. The topological polar surface area (TPSA) is 68.5 Å². The Labute approximate surface area is 187 Å². The molecule has 0 radical (unpaired) electrons. The highest BCUT2D eigenvalue weighted by Gasteiger charge is 2.32. The van der Waals surface area contributed by atoms with Crippen LogP contribution in [-0.2, 0) is 11.3 Å². The Bertz CT molecular complexity index is 989. The molecule has 0 aliphatic carbocycles. The fourth-order valence-electron chi connectivity index (χ4n) is 4.05. The second kappa shape index (κ2) is 10.1. The van der Waals surface area contributed by atoms with E-state index in [0.717, 1.165) is 54.0 Å². The van der Waals surface area contributed by atoms with E-state index in [1.165, 1.54) is 0 Å². The van der Waals surface area contributed by atoms with Gasteiger partial charge in [0.25, 0.3) is 0 Å². The molecule has 1 aromatic heterocycles. The van der Waals surface area contributed by atoms with Crippen molar-refractivity contribution in [1.29, 1.82) is 0 Å². The number of methoxy groups -OCH3 is 2. The molecule has 9 heteroatoms. The number of anilines is 1. The van der Waals surface area contributed by atoms with Crippen molar-refractivity contribution < 1.29 is 9.47 Å². The molecular weight excluding hydrogens is 416 g/mol. The quantitative estimate of drug-likeness (QED) is 0.531. The highest BCUT2D eigenvalue weighted by atomic mass is 35.5. The molecule has 4 rings (SSSR count). The van der Waals surface area contributed by atoms with Gasteiger partial charge in [0.2, 0.25) is 0 Å². The van der Waals surface area contributed by atoms with Crippen LogP contribution >= 0.6 is 11.6 Å². The molecule has 1 fully saturated rings.